The summed E-state index contributed by atoms with van der Waals surface area (Å²) in [6, 6.07) is 5.54. The van der Waals surface area contributed by atoms with Gasteiger partial charge in [-0.05, 0) is 43.7 Å². The van der Waals surface area contributed by atoms with Gasteiger partial charge in [-0.1, -0.05) is 19.1 Å². The zero-order chi connectivity index (χ0) is 15.0. The highest BCUT2D eigenvalue weighted by atomic mass is 35.5. The molecular weight excluding hydrogens is 315 g/mol. The van der Waals surface area contributed by atoms with E-state index in [0.29, 0.717) is 12.1 Å². The summed E-state index contributed by atoms with van der Waals surface area (Å²) in [7, 11) is -3.57. The van der Waals surface area contributed by atoms with Crippen molar-refractivity contribution in [3.05, 3.63) is 41.2 Å². The summed E-state index contributed by atoms with van der Waals surface area (Å²) in [6.07, 6.45) is 0. The lowest BCUT2D eigenvalue weighted by Gasteiger charge is -2.21. The quantitative estimate of drug-likeness (QED) is 0.888. The highest BCUT2D eigenvalue weighted by Gasteiger charge is 2.42. The van der Waals surface area contributed by atoms with Crippen molar-refractivity contribution in [1.29, 1.82) is 0 Å². The van der Waals surface area contributed by atoms with Gasteiger partial charge in [0.05, 0.1) is 10.4 Å². The Morgan fingerprint density at radius 2 is 1.81 bits per heavy atom. The number of likely N-dealkylation sites (N-methyl/N-ethyl adjacent to an activating group) is 1. The van der Waals surface area contributed by atoms with E-state index in [1.165, 1.54) is 24.3 Å². The van der Waals surface area contributed by atoms with Gasteiger partial charge < -0.3 is 5.32 Å². The highest BCUT2D eigenvalue weighted by molar-refractivity contribution is 7.99. The molecule has 2 N–H and O–H groups in total. The third kappa shape index (κ3) is 3.63. The van der Waals surface area contributed by atoms with E-state index in [1.807, 2.05) is 20.8 Å². The molecule has 7 heteroatoms. The maximum absolute atomic E-state index is 13.0. The van der Waals surface area contributed by atoms with Gasteiger partial charge in [-0.2, -0.15) is 0 Å². The zero-order valence-electron chi connectivity index (χ0n) is 12.2. The van der Waals surface area contributed by atoms with E-state index in [2.05, 4.69) is 10.0 Å². The Hall–Kier alpha value is -0.950. The van der Waals surface area contributed by atoms with Crippen molar-refractivity contribution < 1.29 is 12.8 Å². The van der Waals surface area contributed by atoms with E-state index in [1.54, 1.807) is 0 Å². The Morgan fingerprint density at radius 1 is 1.24 bits per heavy atom. The molecule has 0 bridgehead atoms. The second kappa shape index (κ2) is 6.44. The molecule has 0 amide bonds. The second-order valence-electron chi connectivity index (χ2n) is 5.33. The largest absolute Gasteiger partial charge is 0.313 e. The lowest BCUT2D eigenvalue weighted by molar-refractivity contribution is 0.520. The third-order valence-electron chi connectivity index (χ3n) is 3.34. The van der Waals surface area contributed by atoms with Gasteiger partial charge in [0, 0.05) is 6.54 Å². The van der Waals surface area contributed by atoms with Crippen LogP contribution in [-0.2, 0) is 10.0 Å². The monoisotopic (exact) mass is 334 g/mol. The smallest absolute Gasteiger partial charge is 0.242 e. The maximum atomic E-state index is 13.0. The number of hydrogen-bond donors (Lipinski definition) is 2. The Balaban J connectivity index is 0.00000220. The molecule has 1 aliphatic heterocycles. The summed E-state index contributed by atoms with van der Waals surface area (Å²) in [5.74, 6) is -0.384. The van der Waals surface area contributed by atoms with Crippen LogP contribution in [0, 0.1) is 5.82 Å². The average molecular weight is 335 g/mol. The molecule has 1 aromatic carbocycles. The van der Waals surface area contributed by atoms with Gasteiger partial charge in [0.25, 0.3) is 0 Å². The van der Waals surface area contributed by atoms with Crippen molar-refractivity contribution in [3.8, 4) is 0 Å². The fraction of sp³-hybridized carbons (Fsp3) is 0.429. The van der Waals surface area contributed by atoms with Crippen molar-refractivity contribution in [2.75, 3.05) is 13.1 Å². The Bertz CT molecular complexity index is 639. The van der Waals surface area contributed by atoms with Gasteiger partial charge in [-0.3, -0.25) is 0 Å². The molecule has 0 aliphatic carbocycles. The molecule has 0 atom stereocenters. The molecule has 21 heavy (non-hydrogen) atoms. The first kappa shape index (κ1) is 18.1. The molecule has 1 aromatic rings. The van der Waals surface area contributed by atoms with Crippen LogP contribution in [0.25, 0.3) is 4.91 Å². The van der Waals surface area contributed by atoms with Gasteiger partial charge in [-0.15, -0.1) is 12.4 Å². The van der Waals surface area contributed by atoms with Crippen LogP contribution < -0.4 is 10.0 Å². The summed E-state index contributed by atoms with van der Waals surface area (Å²) in [6.45, 7) is 6.84. The van der Waals surface area contributed by atoms with Crippen molar-refractivity contribution in [1.82, 2.24) is 10.0 Å². The van der Waals surface area contributed by atoms with Gasteiger partial charge >= 0.3 is 0 Å². The Labute approximate surface area is 131 Å². The van der Waals surface area contributed by atoms with Crippen LogP contribution >= 0.6 is 12.4 Å². The molecule has 0 fully saturated rings. The second-order valence-corrected chi connectivity index (χ2v) is 6.94. The molecule has 0 radical (unpaired) electrons. The Morgan fingerprint density at radius 3 is 2.33 bits per heavy atom. The number of halogens is 2. The van der Waals surface area contributed by atoms with Crippen LogP contribution in [0.4, 0.5) is 4.39 Å². The van der Waals surface area contributed by atoms with Crippen LogP contribution in [-0.4, -0.2) is 27.0 Å². The number of nitrogens with one attached hydrogen (secondary N) is 2. The predicted molar refractivity (Wildman–Crippen MR) is 85.2 cm³/mol. The molecule has 1 heterocycles. The molecule has 0 saturated carbocycles. The van der Waals surface area contributed by atoms with Crippen molar-refractivity contribution in [2.24, 2.45) is 0 Å². The lowest BCUT2D eigenvalue weighted by atomic mass is 9.93. The fourth-order valence-corrected chi connectivity index (χ4v) is 4.37. The topological polar surface area (TPSA) is 58.2 Å². The SMILES string of the molecule is CCNCC1=C(c2ccc(F)cc2)S(=O)(=O)NC1(C)C.Cl. The van der Waals surface area contributed by atoms with Gasteiger partial charge in [0.1, 0.15) is 5.82 Å². The normalized spacial score (nSPS) is 19.4. The van der Waals surface area contributed by atoms with Crippen molar-refractivity contribution >= 4 is 27.3 Å². The first-order valence-electron chi connectivity index (χ1n) is 6.52. The summed E-state index contributed by atoms with van der Waals surface area (Å²) < 4.78 is 40.4. The predicted octanol–water partition coefficient (Wildman–Crippen LogP) is 2.28. The number of sulfonamides is 1. The minimum Gasteiger partial charge on any atom is -0.313 e. The summed E-state index contributed by atoms with van der Waals surface area (Å²) >= 11 is 0. The minimum atomic E-state index is -3.57. The average Bonchev–Trinajstić information content (AvgIpc) is 2.52. The van der Waals surface area contributed by atoms with E-state index >= 15 is 0 Å². The van der Waals surface area contributed by atoms with Crippen LogP contribution in [0.3, 0.4) is 0 Å². The van der Waals surface area contributed by atoms with Crippen LogP contribution in [0.2, 0.25) is 0 Å². The molecular formula is C14H20ClFN2O2S. The lowest BCUT2D eigenvalue weighted by Crippen LogP contribution is -2.40. The Kier molecular flexibility index (Phi) is 5.55. The van der Waals surface area contributed by atoms with Gasteiger partial charge in [-0.25, -0.2) is 17.5 Å². The number of benzene rings is 1. The molecule has 1 aliphatic rings. The standard InChI is InChI=1S/C14H19FN2O2S.ClH/c1-4-16-9-12-13(10-5-7-11(15)8-6-10)20(18,19)17-14(12,2)3;/h5-8,16-17H,4,9H2,1-3H3;1H. The summed E-state index contributed by atoms with van der Waals surface area (Å²) in [4.78, 5) is 0.253. The number of rotatable bonds is 4. The molecule has 118 valence electrons. The first-order chi connectivity index (χ1) is 9.28. The fourth-order valence-electron chi connectivity index (χ4n) is 2.38. The molecule has 4 nitrogen and oxygen atoms in total. The molecule has 0 saturated heterocycles. The first-order valence-corrected chi connectivity index (χ1v) is 8.00. The zero-order valence-corrected chi connectivity index (χ0v) is 13.9. The van der Waals surface area contributed by atoms with E-state index in [-0.39, 0.29) is 23.1 Å². The van der Waals surface area contributed by atoms with Gasteiger partial charge in [0.15, 0.2) is 0 Å². The van der Waals surface area contributed by atoms with Crippen molar-refractivity contribution in [3.63, 3.8) is 0 Å². The van der Waals surface area contributed by atoms with Gasteiger partial charge in [0.2, 0.25) is 10.0 Å². The maximum Gasteiger partial charge on any atom is 0.242 e. The van der Waals surface area contributed by atoms with E-state index < -0.39 is 15.6 Å². The number of hydrogen-bond acceptors (Lipinski definition) is 3. The molecule has 0 unspecified atom stereocenters. The van der Waals surface area contributed by atoms with E-state index in [9.17, 15) is 12.8 Å². The molecule has 0 aromatic heterocycles. The van der Waals surface area contributed by atoms with Crippen LogP contribution in [0.15, 0.2) is 29.8 Å². The van der Waals surface area contributed by atoms with Crippen LogP contribution in [0.5, 0.6) is 0 Å². The van der Waals surface area contributed by atoms with E-state index in [0.717, 1.165) is 12.1 Å². The minimum absolute atomic E-state index is 0. The summed E-state index contributed by atoms with van der Waals surface area (Å²) in [5, 5.41) is 3.16. The van der Waals surface area contributed by atoms with Crippen molar-refractivity contribution in [2.45, 2.75) is 26.3 Å². The third-order valence-corrected chi connectivity index (χ3v) is 5.14. The molecule has 0 spiro atoms. The summed E-state index contributed by atoms with van der Waals surface area (Å²) in [5.41, 5.74) is 0.633. The molecule has 2 rings (SSSR count). The highest BCUT2D eigenvalue weighted by Crippen LogP contribution is 2.37. The van der Waals surface area contributed by atoms with E-state index in [4.69, 9.17) is 0 Å². The van der Waals surface area contributed by atoms with Crippen LogP contribution in [0.1, 0.15) is 26.3 Å².